The quantitative estimate of drug-likeness (QED) is 0.685. The van der Waals surface area contributed by atoms with Gasteiger partial charge < -0.3 is 10.1 Å². The van der Waals surface area contributed by atoms with E-state index in [-0.39, 0.29) is 0 Å². The number of rotatable bonds is 9. The van der Waals surface area contributed by atoms with Crippen LogP contribution in [0.15, 0.2) is 18.2 Å². The van der Waals surface area contributed by atoms with Crippen LogP contribution in [0, 0.1) is 0 Å². The second kappa shape index (κ2) is 8.31. The van der Waals surface area contributed by atoms with Crippen LogP contribution in [0.2, 0.25) is 0 Å². The van der Waals surface area contributed by atoms with E-state index < -0.39 is 0 Å². The van der Waals surface area contributed by atoms with Gasteiger partial charge in [-0.2, -0.15) is 0 Å². The van der Waals surface area contributed by atoms with Crippen LogP contribution in [0.5, 0.6) is 5.75 Å². The van der Waals surface area contributed by atoms with Gasteiger partial charge in [-0.05, 0) is 55.8 Å². The molecule has 1 aliphatic heterocycles. The molecule has 0 saturated carbocycles. The molecule has 2 rings (SSSR count). The molecule has 0 fully saturated rings. The number of unbranched alkanes of at least 4 members (excludes halogenated alkanes) is 1. The van der Waals surface area contributed by atoms with E-state index in [0.29, 0.717) is 6.04 Å². The number of fused-ring (bicyclic) bond motifs is 1. The summed E-state index contributed by atoms with van der Waals surface area (Å²) in [5.74, 6) is 1.10. The maximum Gasteiger partial charge on any atom is 0.122 e. The molecule has 1 N–H and O–H groups in total. The highest BCUT2D eigenvalue weighted by atomic mass is 16.5. The number of hydrogen-bond donors (Lipinski definition) is 1. The Morgan fingerprint density at radius 3 is 2.95 bits per heavy atom. The first-order valence-electron chi connectivity index (χ1n) is 8.31. The van der Waals surface area contributed by atoms with Gasteiger partial charge in [-0.3, -0.25) is 0 Å². The Kier molecular flexibility index (Phi) is 6.38. The molecule has 1 unspecified atom stereocenters. The highest BCUT2D eigenvalue weighted by molar-refractivity contribution is 5.39. The Bertz CT molecular complexity index is 402. The van der Waals surface area contributed by atoms with Gasteiger partial charge in [0.2, 0.25) is 0 Å². The topological polar surface area (TPSA) is 21.3 Å². The highest BCUT2D eigenvalue weighted by Gasteiger charge is 2.11. The molecule has 1 heterocycles. The molecule has 1 aliphatic rings. The SMILES string of the molecule is CCCNC(CC)CCCCc1ccc2c(c1)CCO2. The Hall–Kier alpha value is -1.02. The molecule has 0 radical (unpaired) electrons. The van der Waals surface area contributed by atoms with Gasteiger partial charge in [0.25, 0.3) is 0 Å². The van der Waals surface area contributed by atoms with E-state index in [1.165, 1.54) is 49.7 Å². The molecule has 0 bridgehead atoms. The first-order valence-corrected chi connectivity index (χ1v) is 8.31. The van der Waals surface area contributed by atoms with Crippen molar-refractivity contribution in [2.75, 3.05) is 13.2 Å². The van der Waals surface area contributed by atoms with E-state index in [4.69, 9.17) is 4.74 Å². The van der Waals surface area contributed by atoms with Crippen LogP contribution < -0.4 is 10.1 Å². The average molecular weight is 275 g/mol. The van der Waals surface area contributed by atoms with Crippen molar-refractivity contribution in [2.24, 2.45) is 0 Å². The molecule has 0 spiro atoms. The summed E-state index contributed by atoms with van der Waals surface area (Å²) in [5.41, 5.74) is 2.88. The third-order valence-electron chi connectivity index (χ3n) is 4.20. The normalized spacial score (nSPS) is 14.9. The van der Waals surface area contributed by atoms with Gasteiger partial charge in [0, 0.05) is 12.5 Å². The summed E-state index contributed by atoms with van der Waals surface area (Å²) in [7, 11) is 0. The van der Waals surface area contributed by atoms with Crippen LogP contribution in [0.25, 0.3) is 0 Å². The summed E-state index contributed by atoms with van der Waals surface area (Å²) in [6, 6.07) is 7.43. The van der Waals surface area contributed by atoms with Crippen LogP contribution in [-0.4, -0.2) is 19.2 Å². The second-order valence-electron chi connectivity index (χ2n) is 5.85. The van der Waals surface area contributed by atoms with Crippen molar-refractivity contribution in [2.45, 2.75) is 64.8 Å². The maximum absolute atomic E-state index is 5.55. The minimum absolute atomic E-state index is 0.711. The Labute approximate surface area is 123 Å². The van der Waals surface area contributed by atoms with Crippen LogP contribution in [-0.2, 0) is 12.8 Å². The third-order valence-corrected chi connectivity index (χ3v) is 4.20. The Morgan fingerprint density at radius 2 is 2.15 bits per heavy atom. The number of hydrogen-bond acceptors (Lipinski definition) is 2. The van der Waals surface area contributed by atoms with E-state index in [1.54, 1.807) is 0 Å². The van der Waals surface area contributed by atoms with Gasteiger partial charge in [-0.25, -0.2) is 0 Å². The van der Waals surface area contributed by atoms with Crippen LogP contribution in [0.4, 0.5) is 0 Å². The zero-order chi connectivity index (χ0) is 14.2. The summed E-state index contributed by atoms with van der Waals surface area (Å²) in [6.45, 7) is 6.54. The molecule has 0 amide bonds. The molecule has 2 nitrogen and oxygen atoms in total. The third kappa shape index (κ3) is 4.52. The van der Waals surface area contributed by atoms with Crippen molar-refractivity contribution in [1.82, 2.24) is 5.32 Å². The standard InChI is InChI=1S/C18H29NO/c1-3-12-19-17(4-2)8-6-5-7-15-9-10-18-16(14-15)11-13-20-18/h9-10,14,17,19H,3-8,11-13H2,1-2H3. The predicted octanol–water partition coefficient (Wildman–Crippen LogP) is 4.11. The van der Waals surface area contributed by atoms with Gasteiger partial charge in [0.15, 0.2) is 0 Å². The highest BCUT2D eigenvalue weighted by Crippen LogP contribution is 2.26. The molecule has 0 aromatic heterocycles. The zero-order valence-electron chi connectivity index (χ0n) is 13.1. The van der Waals surface area contributed by atoms with Crippen molar-refractivity contribution < 1.29 is 4.74 Å². The molecule has 20 heavy (non-hydrogen) atoms. The first kappa shape index (κ1) is 15.4. The summed E-state index contributed by atoms with van der Waals surface area (Å²) in [4.78, 5) is 0. The molecule has 1 aromatic rings. The smallest absolute Gasteiger partial charge is 0.122 e. The van der Waals surface area contributed by atoms with Crippen LogP contribution in [0.3, 0.4) is 0 Å². The second-order valence-corrected chi connectivity index (χ2v) is 5.85. The number of ether oxygens (including phenoxy) is 1. The van der Waals surface area contributed by atoms with E-state index in [1.807, 2.05) is 0 Å². The van der Waals surface area contributed by atoms with Crippen LogP contribution in [0.1, 0.15) is 57.1 Å². The average Bonchev–Trinajstić information content (AvgIpc) is 2.94. The van der Waals surface area contributed by atoms with Gasteiger partial charge in [0.1, 0.15) is 5.75 Å². The van der Waals surface area contributed by atoms with Crippen molar-refractivity contribution in [1.29, 1.82) is 0 Å². The van der Waals surface area contributed by atoms with E-state index in [9.17, 15) is 0 Å². The molecule has 0 saturated heterocycles. The summed E-state index contributed by atoms with van der Waals surface area (Å²) >= 11 is 0. The molecule has 112 valence electrons. The monoisotopic (exact) mass is 275 g/mol. The van der Waals surface area contributed by atoms with Crippen molar-refractivity contribution in [3.63, 3.8) is 0 Å². The fourth-order valence-electron chi connectivity index (χ4n) is 2.91. The molecule has 0 aliphatic carbocycles. The van der Waals surface area contributed by atoms with Crippen molar-refractivity contribution in [3.8, 4) is 5.75 Å². The first-order chi connectivity index (χ1) is 9.83. The summed E-state index contributed by atoms with van der Waals surface area (Å²) in [5, 5.41) is 3.64. The number of benzene rings is 1. The van der Waals surface area contributed by atoms with Gasteiger partial charge >= 0.3 is 0 Å². The summed E-state index contributed by atoms with van der Waals surface area (Å²) in [6.07, 6.45) is 8.70. The van der Waals surface area contributed by atoms with E-state index in [0.717, 1.165) is 25.3 Å². The zero-order valence-corrected chi connectivity index (χ0v) is 13.1. The minimum Gasteiger partial charge on any atom is -0.493 e. The lowest BCUT2D eigenvalue weighted by Crippen LogP contribution is -2.28. The number of nitrogens with one attached hydrogen (secondary N) is 1. The fourth-order valence-corrected chi connectivity index (χ4v) is 2.91. The largest absolute Gasteiger partial charge is 0.493 e. The summed E-state index contributed by atoms with van der Waals surface area (Å²) < 4.78 is 5.55. The number of aryl methyl sites for hydroxylation is 1. The molecule has 2 heteroatoms. The molecule has 1 atom stereocenters. The van der Waals surface area contributed by atoms with Gasteiger partial charge in [0.05, 0.1) is 6.61 Å². The lowest BCUT2D eigenvalue weighted by molar-refractivity contribution is 0.357. The Balaban J connectivity index is 1.68. The molecule has 1 aromatic carbocycles. The van der Waals surface area contributed by atoms with Crippen molar-refractivity contribution in [3.05, 3.63) is 29.3 Å². The van der Waals surface area contributed by atoms with E-state index >= 15 is 0 Å². The lowest BCUT2D eigenvalue weighted by Gasteiger charge is -2.16. The van der Waals surface area contributed by atoms with Gasteiger partial charge in [-0.1, -0.05) is 32.4 Å². The van der Waals surface area contributed by atoms with E-state index in [2.05, 4.69) is 37.4 Å². The Morgan fingerprint density at radius 1 is 1.25 bits per heavy atom. The maximum atomic E-state index is 5.55. The van der Waals surface area contributed by atoms with Crippen molar-refractivity contribution >= 4 is 0 Å². The van der Waals surface area contributed by atoms with Gasteiger partial charge in [-0.15, -0.1) is 0 Å². The predicted molar refractivity (Wildman–Crippen MR) is 85.6 cm³/mol. The van der Waals surface area contributed by atoms with Crippen LogP contribution >= 0.6 is 0 Å². The minimum atomic E-state index is 0.711. The fraction of sp³-hybridized carbons (Fsp3) is 0.667. The molecular weight excluding hydrogens is 246 g/mol. The molecular formula is C18H29NO. The lowest BCUT2D eigenvalue weighted by atomic mass is 10.0.